The van der Waals surface area contributed by atoms with Crippen molar-refractivity contribution in [3.8, 4) is 0 Å². The Balaban J connectivity index is 2.00. The van der Waals surface area contributed by atoms with Gasteiger partial charge in [-0.1, -0.05) is 17.7 Å². The highest BCUT2D eigenvalue weighted by atomic mass is 16.5. The van der Waals surface area contributed by atoms with Gasteiger partial charge in [-0.3, -0.25) is 0 Å². The van der Waals surface area contributed by atoms with Gasteiger partial charge < -0.3 is 4.74 Å². The second-order valence-electron chi connectivity index (χ2n) is 4.59. The average Bonchev–Trinajstić information content (AvgIpc) is 2.75. The van der Waals surface area contributed by atoms with Gasteiger partial charge in [0.05, 0.1) is 17.0 Å². The molecule has 1 aromatic carbocycles. The van der Waals surface area contributed by atoms with Gasteiger partial charge in [-0.15, -0.1) is 0 Å². The molecule has 86 valence electrons. The molecule has 0 amide bonds. The van der Waals surface area contributed by atoms with Crippen LogP contribution in [0, 0.1) is 6.92 Å². The number of benzene rings is 1. The van der Waals surface area contributed by atoms with E-state index in [4.69, 9.17) is 4.74 Å². The van der Waals surface area contributed by atoms with Crippen LogP contribution in [0.1, 0.15) is 30.7 Å². The van der Waals surface area contributed by atoms with Crippen LogP contribution in [0.5, 0.6) is 0 Å². The zero-order valence-electron chi connectivity index (χ0n) is 10.1. The number of allylic oxidation sites excluding steroid dienone is 1. The van der Waals surface area contributed by atoms with Crippen LogP contribution in [0.2, 0.25) is 0 Å². The molecule has 3 rings (SSSR count). The predicted octanol–water partition coefficient (Wildman–Crippen LogP) is 3.91. The van der Waals surface area contributed by atoms with Crippen molar-refractivity contribution in [1.82, 2.24) is 4.98 Å². The van der Waals surface area contributed by atoms with Crippen LogP contribution in [0.4, 0.5) is 0 Å². The Kier molecular flexibility index (Phi) is 2.36. The van der Waals surface area contributed by atoms with E-state index < -0.39 is 0 Å². The van der Waals surface area contributed by atoms with Crippen LogP contribution < -0.4 is 0 Å². The lowest BCUT2D eigenvalue weighted by Gasteiger charge is -2.12. The van der Waals surface area contributed by atoms with E-state index >= 15 is 0 Å². The molecule has 0 fully saturated rings. The summed E-state index contributed by atoms with van der Waals surface area (Å²) in [7, 11) is 0. The van der Waals surface area contributed by atoms with Crippen LogP contribution in [0.15, 0.2) is 42.2 Å². The minimum Gasteiger partial charge on any atom is -0.489 e. The Morgan fingerprint density at radius 3 is 2.82 bits per heavy atom. The van der Waals surface area contributed by atoms with Crippen molar-refractivity contribution in [3.05, 3.63) is 53.4 Å². The second-order valence-corrected chi connectivity index (χ2v) is 4.59. The van der Waals surface area contributed by atoms with E-state index in [1.807, 2.05) is 6.92 Å². The number of hydrogen-bond donors (Lipinski definition) is 0. The first-order chi connectivity index (χ1) is 8.22. The number of aromatic nitrogens is 1. The number of rotatable bonds is 1. The Bertz CT molecular complexity index is 601. The molecule has 0 aliphatic carbocycles. The molecule has 0 saturated heterocycles. The maximum Gasteiger partial charge on any atom is 0.144 e. The van der Waals surface area contributed by atoms with Crippen LogP contribution in [-0.2, 0) is 4.74 Å². The molecule has 2 aromatic rings. The first-order valence-electron chi connectivity index (χ1n) is 5.93. The van der Waals surface area contributed by atoms with Crippen molar-refractivity contribution in [2.75, 3.05) is 0 Å². The summed E-state index contributed by atoms with van der Waals surface area (Å²) < 4.78 is 5.72. The Morgan fingerprint density at radius 1 is 1.18 bits per heavy atom. The van der Waals surface area contributed by atoms with Crippen LogP contribution in [0.25, 0.3) is 10.9 Å². The highest BCUT2D eigenvalue weighted by molar-refractivity contribution is 5.79. The highest BCUT2D eigenvalue weighted by Crippen LogP contribution is 2.30. The van der Waals surface area contributed by atoms with Gasteiger partial charge in [0.1, 0.15) is 6.10 Å². The monoisotopic (exact) mass is 225 g/mol. The van der Waals surface area contributed by atoms with E-state index in [1.54, 1.807) is 0 Å². The molecule has 0 radical (unpaired) electrons. The highest BCUT2D eigenvalue weighted by Gasteiger charge is 2.18. The van der Waals surface area contributed by atoms with Crippen LogP contribution in [0.3, 0.4) is 0 Å². The molecular formula is C15H15NO. The SMILES string of the molecule is CC1=CCC(c2ccc3cc(C)ccc3n2)O1. The van der Waals surface area contributed by atoms with Gasteiger partial charge in [0.15, 0.2) is 0 Å². The van der Waals surface area contributed by atoms with Gasteiger partial charge in [-0.2, -0.15) is 0 Å². The molecule has 0 spiro atoms. The fraction of sp³-hybridized carbons (Fsp3) is 0.267. The topological polar surface area (TPSA) is 22.1 Å². The number of fused-ring (bicyclic) bond motifs is 1. The third-order valence-corrected chi connectivity index (χ3v) is 3.14. The minimum absolute atomic E-state index is 0.0979. The van der Waals surface area contributed by atoms with Gasteiger partial charge in [-0.25, -0.2) is 4.98 Å². The van der Waals surface area contributed by atoms with Gasteiger partial charge in [0.25, 0.3) is 0 Å². The van der Waals surface area contributed by atoms with E-state index in [0.29, 0.717) is 0 Å². The van der Waals surface area contributed by atoms with Crippen molar-refractivity contribution in [1.29, 1.82) is 0 Å². The largest absolute Gasteiger partial charge is 0.489 e. The Hall–Kier alpha value is -1.83. The molecule has 1 aliphatic rings. The first-order valence-corrected chi connectivity index (χ1v) is 5.93. The lowest BCUT2D eigenvalue weighted by molar-refractivity contribution is 0.143. The number of nitrogens with zero attached hydrogens (tertiary/aromatic N) is 1. The molecule has 0 saturated carbocycles. The van der Waals surface area contributed by atoms with Crippen molar-refractivity contribution < 1.29 is 4.74 Å². The molecule has 1 aliphatic heterocycles. The summed E-state index contributed by atoms with van der Waals surface area (Å²) in [4.78, 5) is 4.67. The fourth-order valence-corrected chi connectivity index (χ4v) is 2.21. The quantitative estimate of drug-likeness (QED) is 0.734. The summed E-state index contributed by atoms with van der Waals surface area (Å²) in [6.07, 6.45) is 3.14. The first kappa shape index (κ1) is 10.3. The molecule has 1 atom stereocenters. The lowest BCUT2D eigenvalue weighted by Crippen LogP contribution is -1.99. The number of aryl methyl sites for hydroxylation is 1. The van der Waals surface area contributed by atoms with Gasteiger partial charge in [-0.05, 0) is 38.1 Å². The van der Waals surface area contributed by atoms with E-state index in [2.05, 4.69) is 48.3 Å². The zero-order valence-corrected chi connectivity index (χ0v) is 10.1. The van der Waals surface area contributed by atoms with E-state index in [0.717, 1.165) is 23.4 Å². The second kappa shape index (κ2) is 3.88. The summed E-state index contributed by atoms with van der Waals surface area (Å²) in [5.41, 5.74) is 3.33. The maximum absolute atomic E-state index is 5.72. The maximum atomic E-state index is 5.72. The fourth-order valence-electron chi connectivity index (χ4n) is 2.21. The van der Waals surface area contributed by atoms with E-state index in [-0.39, 0.29) is 6.10 Å². The predicted molar refractivity (Wildman–Crippen MR) is 68.7 cm³/mol. The van der Waals surface area contributed by atoms with Crippen molar-refractivity contribution in [2.24, 2.45) is 0 Å². The number of ether oxygens (including phenoxy) is 1. The standard InChI is InChI=1S/C15H15NO/c1-10-3-6-13-12(9-10)5-7-14(16-13)15-8-4-11(2)17-15/h3-7,9,15H,8H2,1-2H3. The molecule has 2 heterocycles. The molecule has 0 N–H and O–H groups in total. The average molecular weight is 225 g/mol. The summed E-state index contributed by atoms with van der Waals surface area (Å²) in [5, 5.41) is 1.19. The molecule has 0 bridgehead atoms. The smallest absolute Gasteiger partial charge is 0.144 e. The van der Waals surface area contributed by atoms with E-state index in [1.165, 1.54) is 10.9 Å². The number of pyridine rings is 1. The lowest BCUT2D eigenvalue weighted by atomic mass is 10.1. The Morgan fingerprint density at radius 2 is 2.06 bits per heavy atom. The van der Waals surface area contributed by atoms with Crippen LogP contribution in [-0.4, -0.2) is 4.98 Å². The molecule has 2 heteroatoms. The Labute approximate surface area is 101 Å². The van der Waals surface area contributed by atoms with Crippen molar-refractivity contribution in [2.45, 2.75) is 26.4 Å². The zero-order chi connectivity index (χ0) is 11.8. The third kappa shape index (κ3) is 1.91. The summed E-state index contributed by atoms with van der Waals surface area (Å²) in [6, 6.07) is 10.5. The van der Waals surface area contributed by atoms with Gasteiger partial charge in [0, 0.05) is 11.8 Å². The summed E-state index contributed by atoms with van der Waals surface area (Å²) >= 11 is 0. The third-order valence-electron chi connectivity index (χ3n) is 3.14. The molecular weight excluding hydrogens is 210 g/mol. The molecule has 1 unspecified atom stereocenters. The molecule has 1 aromatic heterocycles. The van der Waals surface area contributed by atoms with Crippen molar-refractivity contribution in [3.63, 3.8) is 0 Å². The summed E-state index contributed by atoms with van der Waals surface area (Å²) in [5.74, 6) is 1.00. The van der Waals surface area contributed by atoms with Crippen LogP contribution >= 0.6 is 0 Å². The van der Waals surface area contributed by atoms with E-state index in [9.17, 15) is 0 Å². The number of hydrogen-bond acceptors (Lipinski definition) is 2. The molecule has 2 nitrogen and oxygen atoms in total. The van der Waals surface area contributed by atoms with Crippen molar-refractivity contribution >= 4 is 10.9 Å². The molecule has 17 heavy (non-hydrogen) atoms. The van der Waals surface area contributed by atoms with Gasteiger partial charge >= 0.3 is 0 Å². The summed E-state index contributed by atoms with van der Waals surface area (Å²) in [6.45, 7) is 4.09. The normalized spacial score (nSPS) is 19.2. The minimum atomic E-state index is 0.0979. The van der Waals surface area contributed by atoms with Gasteiger partial charge in [0.2, 0.25) is 0 Å².